The minimum atomic E-state index is -3.53. The highest BCUT2D eigenvalue weighted by molar-refractivity contribution is 7.92. The normalized spacial score (nSPS) is 10.9. The molecule has 0 bridgehead atoms. The summed E-state index contributed by atoms with van der Waals surface area (Å²) in [5, 5.41) is 2.78. The van der Waals surface area contributed by atoms with Crippen LogP contribution in [0.15, 0.2) is 48.5 Å². The summed E-state index contributed by atoms with van der Waals surface area (Å²) in [5.41, 5.74) is 0.470. The van der Waals surface area contributed by atoms with Crippen LogP contribution in [0.1, 0.15) is 19.8 Å². The van der Waals surface area contributed by atoms with Gasteiger partial charge in [0.05, 0.1) is 32.2 Å². The molecule has 31 heavy (non-hydrogen) atoms. The number of amides is 1. The number of methoxy groups -OCH3 is 1. The number of benzene rings is 2. The van der Waals surface area contributed by atoms with Gasteiger partial charge in [0.2, 0.25) is 15.9 Å². The van der Waals surface area contributed by atoms with Crippen molar-refractivity contribution < 1.29 is 27.4 Å². The van der Waals surface area contributed by atoms with Crippen LogP contribution < -0.4 is 23.8 Å². The number of nitrogens with one attached hydrogen (secondary N) is 1. The van der Waals surface area contributed by atoms with Crippen LogP contribution in [0.4, 0.5) is 5.69 Å². The van der Waals surface area contributed by atoms with Crippen molar-refractivity contribution in [3.05, 3.63) is 48.5 Å². The molecular weight excluding hydrogens is 420 g/mol. The topological polar surface area (TPSA) is 94.2 Å². The summed E-state index contributed by atoms with van der Waals surface area (Å²) in [7, 11) is -1.96. The number of rotatable bonds is 13. The van der Waals surface area contributed by atoms with E-state index in [9.17, 15) is 13.2 Å². The highest BCUT2D eigenvalue weighted by Gasteiger charge is 2.21. The highest BCUT2D eigenvalue weighted by Crippen LogP contribution is 2.30. The molecule has 0 radical (unpaired) electrons. The molecule has 0 spiro atoms. The number of hydrogen-bond acceptors (Lipinski definition) is 6. The first-order chi connectivity index (χ1) is 14.9. The minimum Gasteiger partial charge on any atom is -0.493 e. The highest BCUT2D eigenvalue weighted by atomic mass is 32.2. The van der Waals surface area contributed by atoms with Gasteiger partial charge >= 0.3 is 0 Å². The lowest BCUT2D eigenvalue weighted by atomic mass is 10.2. The summed E-state index contributed by atoms with van der Waals surface area (Å²) >= 11 is 0. The molecule has 1 amide bonds. The second kappa shape index (κ2) is 12.0. The van der Waals surface area contributed by atoms with E-state index in [-0.39, 0.29) is 18.9 Å². The van der Waals surface area contributed by atoms with Gasteiger partial charge < -0.3 is 19.5 Å². The Bertz CT molecular complexity index is 949. The van der Waals surface area contributed by atoms with E-state index < -0.39 is 10.0 Å². The third-order valence-corrected chi connectivity index (χ3v) is 5.53. The number of nitrogens with zero attached hydrogens (tertiary/aromatic N) is 1. The van der Waals surface area contributed by atoms with Gasteiger partial charge in [0.15, 0.2) is 11.5 Å². The van der Waals surface area contributed by atoms with Crippen LogP contribution in [0, 0.1) is 0 Å². The van der Waals surface area contributed by atoms with Crippen LogP contribution in [0.25, 0.3) is 0 Å². The summed E-state index contributed by atoms with van der Waals surface area (Å²) < 4.78 is 42.3. The van der Waals surface area contributed by atoms with E-state index >= 15 is 0 Å². The lowest BCUT2D eigenvalue weighted by molar-refractivity contribution is -0.121. The number of ether oxygens (including phenoxy) is 3. The Morgan fingerprint density at radius 3 is 2.29 bits per heavy atom. The molecule has 9 heteroatoms. The number of carbonyl (C=O) groups excluding carboxylic acids is 1. The van der Waals surface area contributed by atoms with E-state index in [0.717, 1.165) is 6.26 Å². The van der Waals surface area contributed by atoms with E-state index in [0.29, 0.717) is 49.1 Å². The number of para-hydroxylation sites is 4. The van der Waals surface area contributed by atoms with E-state index in [1.807, 2.05) is 19.1 Å². The van der Waals surface area contributed by atoms with Gasteiger partial charge in [-0.05, 0) is 37.6 Å². The Labute approximate surface area is 184 Å². The monoisotopic (exact) mass is 450 g/mol. The van der Waals surface area contributed by atoms with Crippen LogP contribution in [0.5, 0.6) is 17.2 Å². The molecule has 1 N–H and O–H groups in total. The first-order valence-corrected chi connectivity index (χ1v) is 11.9. The van der Waals surface area contributed by atoms with Crippen molar-refractivity contribution in [2.45, 2.75) is 19.8 Å². The zero-order valence-corrected chi connectivity index (χ0v) is 19.0. The van der Waals surface area contributed by atoms with E-state index in [1.54, 1.807) is 43.5 Å². The molecule has 2 aromatic rings. The van der Waals surface area contributed by atoms with Crippen LogP contribution >= 0.6 is 0 Å². The van der Waals surface area contributed by atoms with Crippen molar-refractivity contribution in [2.75, 3.05) is 44.0 Å². The van der Waals surface area contributed by atoms with Gasteiger partial charge in [0, 0.05) is 13.0 Å². The number of hydrogen-bond donors (Lipinski definition) is 1. The maximum Gasteiger partial charge on any atom is 0.232 e. The van der Waals surface area contributed by atoms with Gasteiger partial charge in [-0.25, -0.2) is 8.42 Å². The largest absolute Gasteiger partial charge is 0.493 e. The fourth-order valence-corrected chi connectivity index (χ4v) is 3.94. The molecule has 0 aliphatic rings. The fourth-order valence-electron chi connectivity index (χ4n) is 2.97. The van der Waals surface area contributed by atoms with Gasteiger partial charge in [0.25, 0.3) is 0 Å². The van der Waals surface area contributed by atoms with Crippen molar-refractivity contribution in [1.29, 1.82) is 0 Å². The van der Waals surface area contributed by atoms with E-state index in [4.69, 9.17) is 14.2 Å². The molecule has 2 rings (SSSR count). The van der Waals surface area contributed by atoms with Crippen molar-refractivity contribution in [1.82, 2.24) is 5.32 Å². The van der Waals surface area contributed by atoms with Crippen molar-refractivity contribution in [2.24, 2.45) is 0 Å². The lowest BCUT2D eigenvalue weighted by Gasteiger charge is -2.24. The SMILES string of the molecule is CCOc1ccccc1N(CCCC(=O)NCCOc1ccccc1OC)S(C)(=O)=O. The molecule has 2 aromatic carbocycles. The van der Waals surface area contributed by atoms with Gasteiger partial charge in [-0.15, -0.1) is 0 Å². The Morgan fingerprint density at radius 2 is 1.65 bits per heavy atom. The number of anilines is 1. The van der Waals surface area contributed by atoms with Crippen molar-refractivity contribution >= 4 is 21.6 Å². The summed E-state index contributed by atoms with van der Waals surface area (Å²) in [6, 6.07) is 14.2. The first-order valence-electron chi connectivity index (χ1n) is 10.1. The molecule has 0 aliphatic heterocycles. The van der Waals surface area contributed by atoms with E-state index in [1.165, 1.54) is 4.31 Å². The maximum absolute atomic E-state index is 12.3. The molecule has 0 unspecified atom stereocenters. The molecule has 0 aliphatic carbocycles. The lowest BCUT2D eigenvalue weighted by Crippen LogP contribution is -2.33. The summed E-state index contributed by atoms with van der Waals surface area (Å²) in [6.07, 6.45) is 1.70. The molecule has 0 saturated carbocycles. The van der Waals surface area contributed by atoms with Gasteiger partial charge in [-0.3, -0.25) is 9.10 Å². The first kappa shape index (κ1) is 24.3. The second-order valence-electron chi connectivity index (χ2n) is 6.69. The molecule has 8 nitrogen and oxygen atoms in total. The zero-order chi connectivity index (χ0) is 22.7. The average molecular weight is 451 g/mol. The molecule has 0 aromatic heterocycles. The van der Waals surface area contributed by atoms with Gasteiger partial charge in [-0.1, -0.05) is 24.3 Å². The second-order valence-corrected chi connectivity index (χ2v) is 8.60. The Balaban J connectivity index is 1.82. The quantitative estimate of drug-likeness (QED) is 0.472. The zero-order valence-electron chi connectivity index (χ0n) is 18.2. The predicted molar refractivity (Wildman–Crippen MR) is 121 cm³/mol. The summed E-state index contributed by atoms with van der Waals surface area (Å²) in [4.78, 5) is 12.1. The Morgan fingerprint density at radius 1 is 1.00 bits per heavy atom. The fraction of sp³-hybridized carbons (Fsp3) is 0.409. The summed E-state index contributed by atoms with van der Waals surface area (Å²) in [5.74, 6) is 1.56. The minimum absolute atomic E-state index is 0.171. The van der Waals surface area contributed by atoms with Gasteiger partial charge in [0.1, 0.15) is 12.4 Å². The van der Waals surface area contributed by atoms with Gasteiger partial charge in [-0.2, -0.15) is 0 Å². The van der Waals surface area contributed by atoms with Crippen LogP contribution in [-0.4, -0.2) is 54.0 Å². The Hall–Kier alpha value is -2.94. The number of carbonyl (C=O) groups is 1. The molecule has 0 fully saturated rings. The smallest absolute Gasteiger partial charge is 0.232 e. The Kier molecular flexibility index (Phi) is 9.45. The average Bonchev–Trinajstić information content (AvgIpc) is 2.74. The molecule has 0 saturated heterocycles. The molecular formula is C22H30N2O6S. The van der Waals surface area contributed by atoms with Crippen molar-refractivity contribution in [3.8, 4) is 17.2 Å². The van der Waals surface area contributed by atoms with E-state index in [2.05, 4.69) is 5.32 Å². The molecule has 0 atom stereocenters. The molecule has 0 heterocycles. The maximum atomic E-state index is 12.3. The predicted octanol–water partition coefficient (Wildman–Crippen LogP) is 2.84. The third-order valence-electron chi connectivity index (χ3n) is 4.35. The van der Waals surface area contributed by atoms with Crippen molar-refractivity contribution in [3.63, 3.8) is 0 Å². The standard InChI is InChI=1S/C22H30N2O6S/c1-4-29-19-11-6-5-10-18(19)24(31(3,26)27)16-9-14-22(25)23-15-17-30-21-13-8-7-12-20(21)28-2/h5-8,10-13H,4,9,14-17H2,1-3H3,(H,23,25). The third kappa shape index (κ3) is 7.67. The van der Waals surface area contributed by atoms with Crippen LogP contribution in [-0.2, 0) is 14.8 Å². The van der Waals surface area contributed by atoms with Crippen LogP contribution in [0.3, 0.4) is 0 Å². The van der Waals surface area contributed by atoms with Crippen LogP contribution in [0.2, 0.25) is 0 Å². The summed E-state index contributed by atoms with van der Waals surface area (Å²) in [6.45, 7) is 3.06. The molecule has 170 valence electrons. The number of sulfonamides is 1.